The minimum atomic E-state index is -4.43. The van der Waals surface area contributed by atoms with Crippen LogP contribution in [-0.4, -0.2) is 38.4 Å². The van der Waals surface area contributed by atoms with E-state index in [-0.39, 0.29) is 18.5 Å². The van der Waals surface area contributed by atoms with E-state index in [1.165, 1.54) is 18.3 Å². The summed E-state index contributed by atoms with van der Waals surface area (Å²) in [6.45, 7) is 0.748. The number of urea groups is 1. The number of alkyl halides is 3. The molecule has 160 valence electrons. The zero-order valence-electron chi connectivity index (χ0n) is 16.2. The van der Waals surface area contributed by atoms with Gasteiger partial charge in [0.2, 0.25) is 5.88 Å². The zero-order valence-corrected chi connectivity index (χ0v) is 16.2. The van der Waals surface area contributed by atoms with Crippen molar-refractivity contribution in [3.05, 3.63) is 54.1 Å². The Balaban J connectivity index is 1.56. The van der Waals surface area contributed by atoms with Crippen molar-refractivity contribution in [2.75, 3.05) is 6.61 Å². The molecular formula is C19H21F3N6O2. The molecule has 0 spiro atoms. The number of nitrogens with one attached hydrogen (secondary N) is 2. The van der Waals surface area contributed by atoms with Crippen LogP contribution in [0.2, 0.25) is 0 Å². The highest BCUT2D eigenvalue weighted by atomic mass is 19.4. The Hall–Kier alpha value is -3.37. The maximum atomic E-state index is 12.4. The third-order valence-corrected chi connectivity index (χ3v) is 4.17. The highest BCUT2D eigenvalue weighted by Crippen LogP contribution is 2.18. The molecule has 0 aliphatic rings. The molecule has 0 fully saturated rings. The van der Waals surface area contributed by atoms with Gasteiger partial charge in [-0.15, -0.1) is 10.2 Å². The molecule has 3 heterocycles. The van der Waals surface area contributed by atoms with Crippen LogP contribution in [0.15, 0.2) is 42.7 Å². The fourth-order valence-corrected chi connectivity index (χ4v) is 2.80. The fourth-order valence-electron chi connectivity index (χ4n) is 2.80. The van der Waals surface area contributed by atoms with Gasteiger partial charge in [-0.05, 0) is 24.1 Å². The zero-order chi connectivity index (χ0) is 21.6. The molecule has 0 aromatic carbocycles. The van der Waals surface area contributed by atoms with E-state index < -0.39 is 18.8 Å². The van der Waals surface area contributed by atoms with E-state index in [0.717, 1.165) is 6.42 Å². The van der Waals surface area contributed by atoms with Crippen LogP contribution in [0.5, 0.6) is 5.88 Å². The summed E-state index contributed by atoms with van der Waals surface area (Å²) in [4.78, 5) is 16.2. The normalized spacial score (nSPS) is 12.5. The van der Waals surface area contributed by atoms with Gasteiger partial charge in [0.25, 0.3) is 0 Å². The maximum absolute atomic E-state index is 12.4. The molecular weight excluding hydrogens is 401 g/mol. The molecule has 2 N–H and O–H groups in total. The molecule has 0 radical (unpaired) electrons. The number of rotatable bonds is 8. The predicted molar refractivity (Wildman–Crippen MR) is 102 cm³/mol. The molecule has 0 aliphatic carbocycles. The van der Waals surface area contributed by atoms with E-state index in [0.29, 0.717) is 23.5 Å². The SMILES string of the molecule is CCCC(NC(=O)NCc1ccc(OCC(F)(F)F)nc1)c1nnc2ccccn12. The Morgan fingerprint density at radius 1 is 1.23 bits per heavy atom. The van der Waals surface area contributed by atoms with Crippen LogP contribution in [0, 0.1) is 0 Å². The summed E-state index contributed by atoms with van der Waals surface area (Å²) >= 11 is 0. The highest BCUT2D eigenvalue weighted by molar-refractivity contribution is 5.74. The van der Waals surface area contributed by atoms with Crippen LogP contribution in [-0.2, 0) is 6.54 Å². The lowest BCUT2D eigenvalue weighted by atomic mass is 10.1. The third-order valence-electron chi connectivity index (χ3n) is 4.17. The van der Waals surface area contributed by atoms with Crippen molar-refractivity contribution in [2.45, 2.75) is 38.5 Å². The first kappa shape index (κ1) is 21.3. The number of carbonyl (C=O) groups excluding carboxylic acids is 1. The summed E-state index contributed by atoms with van der Waals surface area (Å²) in [7, 11) is 0. The first-order valence-electron chi connectivity index (χ1n) is 9.34. The monoisotopic (exact) mass is 422 g/mol. The fraction of sp³-hybridized carbons (Fsp3) is 0.368. The van der Waals surface area contributed by atoms with Gasteiger partial charge in [-0.1, -0.05) is 25.5 Å². The number of aromatic nitrogens is 4. The van der Waals surface area contributed by atoms with Crippen LogP contribution in [0.3, 0.4) is 0 Å². The molecule has 0 saturated heterocycles. The van der Waals surface area contributed by atoms with Crippen molar-refractivity contribution in [3.8, 4) is 5.88 Å². The number of hydrogen-bond donors (Lipinski definition) is 2. The maximum Gasteiger partial charge on any atom is 0.422 e. The van der Waals surface area contributed by atoms with Crippen LogP contribution in [0.4, 0.5) is 18.0 Å². The first-order chi connectivity index (χ1) is 14.4. The Kier molecular flexibility index (Phi) is 6.70. The molecule has 1 unspecified atom stereocenters. The van der Waals surface area contributed by atoms with Gasteiger partial charge in [-0.3, -0.25) is 4.40 Å². The lowest BCUT2D eigenvalue weighted by Gasteiger charge is -2.17. The van der Waals surface area contributed by atoms with E-state index in [1.807, 2.05) is 35.7 Å². The van der Waals surface area contributed by atoms with Crippen LogP contribution in [0.1, 0.15) is 37.2 Å². The van der Waals surface area contributed by atoms with Crippen LogP contribution < -0.4 is 15.4 Å². The van der Waals surface area contributed by atoms with Gasteiger partial charge < -0.3 is 15.4 Å². The Morgan fingerprint density at radius 3 is 2.77 bits per heavy atom. The molecule has 0 aliphatic heterocycles. The summed E-state index contributed by atoms with van der Waals surface area (Å²) in [5.41, 5.74) is 1.30. The second kappa shape index (κ2) is 9.42. The minimum Gasteiger partial charge on any atom is -0.468 e. The topological polar surface area (TPSA) is 93.4 Å². The highest BCUT2D eigenvalue weighted by Gasteiger charge is 2.28. The number of ether oxygens (including phenoxy) is 1. The number of nitrogens with zero attached hydrogens (tertiary/aromatic N) is 4. The molecule has 3 aromatic rings. The molecule has 30 heavy (non-hydrogen) atoms. The molecule has 0 saturated carbocycles. The summed E-state index contributed by atoms with van der Waals surface area (Å²) in [6.07, 6.45) is 0.263. The van der Waals surface area contributed by atoms with Crippen molar-refractivity contribution >= 4 is 11.7 Å². The van der Waals surface area contributed by atoms with E-state index >= 15 is 0 Å². The van der Waals surface area contributed by atoms with Gasteiger partial charge in [0, 0.05) is 25.0 Å². The Morgan fingerprint density at radius 2 is 2.07 bits per heavy atom. The predicted octanol–water partition coefficient (Wildman–Crippen LogP) is 3.41. The molecule has 3 rings (SSSR count). The summed E-state index contributed by atoms with van der Waals surface area (Å²) < 4.78 is 42.9. The van der Waals surface area contributed by atoms with Gasteiger partial charge in [-0.25, -0.2) is 9.78 Å². The summed E-state index contributed by atoms with van der Waals surface area (Å²) in [5.74, 6) is 0.498. The lowest BCUT2D eigenvalue weighted by molar-refractivity contribution is -0.154. The first-order valence-corrected chi connectivity index (χ1v) is 9.34. The lowest BCUT2D eigenvalue weighted by Crippen LogP contribution is -2.38. The number of hydrogen-bond acceptors (Lipinski definition) is 5. The number of halogens is 3. The van der Waals surface area contributed by atoms with Crippen molar-refractivity contribution < 1.29 is 22.7 Å². The second-order valence-electron chi connectivity index (χ2n) is 6.56. The number of pyridine rings is 2. The molecule has 1 atom stereocenters. The van der Waals surface area contributed by atoms with Gasteiger partial charge in [0.05, 0.1) is 6.04 Å². The quantitative estimate of drug-likeness (QED) is 0.580. The van der Waals surface area contributed by atoms with Gasteiger partial charge in [-0.2, -0.15) is 13.2 Å². The van der Waals surface area contributed by atoms with E-state index in [9.17, 15) is 18.0 Å². The Bertz CT molecular complexity index is 974. The second-order valence-corrected chi connectivity index (χ2v) is 6.56. The average Bonchev–Trinajstić information content (AvgIpc) is 3.15. The smallest absolute Gasteiger partial charge is 0.422 e. The van der Waals surface area contributed by atoms with Crippen molar-refractivity contribution in [1.82, 2.24) is 30.2 Å². The van der Waals surface area contributed by atoms with E-state index in [1.54, 1.807) is 0 Å². The average molecular weight is 422 g/mol. The molecule has 11 heteroatoms. The van der Waals surface area contributed by atoms with Crippen molar-refractivity contribution in [3.63, 3.8) is 0 Å². The van der Waals surface area contributed by atoms with E-state index in [2.05, 4.69) is 30.6 Å². The van der Waals surface area contributed by atoms with Gasteiger partial charge in [0.1, 0.15) is 0 Å². The molecule has 3 aromatic heterocycles. The van der Waals surface area contributed by atoms with Gasteiger partial charge >= 0.3 is 12.2 Å². The van der Waals surface area contributed by atoms with Gasteiger partial charge in [0.15, 0.2) is 18.1 Å². The van der Waals surface area contributed by atoms with E-state index in [4.69, 9.17) is 0 Å². The largest absolute Gasteiger partial charge is 0.468 e. The molecule has 2 amide bonds. The minimum absolute atomic E-state index is 0.137. The number of fused-ring (bicyclic) bond motifs is 1. The third kappa shape index (κ3) is 5.82. The van der Waals surface area contributed by atoms with Crippen molar-refractivity contribution in [1.29, 1.82) is 0 Å². The molecule has 0 bridgehead atoms. The number of carbonyl (C=O) groups is 1. The van der Waals surface area contributed by atoms with Crippen LogP contribution >= 0.6 is 0 Å². The Labute approximate surface area is 170 Å². The summed E-state index contributed by atoms with van der Waals surface area (Å²) in [5, 5.41) is 13.9. The number of amides is 2. The standard InChI is InChI=1S/C19H21F3N6O2/c1-2-5-14(17-27-26-15-6-3-4-9-28(15)17)25-18(29)24-11-13-7-8-16(23-10-13)30-12-19(20,21)22/h3-4,6-10,14H,2,5,11-12H2,1H3,(H2,24,25,29). The van der Waals surface area contributed by atoms with Crippen molar-refractivity contribution in [2.24, 2.45) is 0 Å². The molecule has 8 nitrogen and oxygen atoms in total. The summed E-state index contributed by atoms with van der Waals surface area (Å²) in [6, 6.07) is 7.67. The van der Waals surface area contributed by atoms with Crippen LogP contribution in [0.25, 0.3) is 5.65 Å².